The van der Waals surface area contributed by atoms with E-state index in [9.17, 15) is 24.0 Å². The molecule has 0 aromatic heterocycles. The summed E-state index contributed by atoms with van der Waals surface area (Å²) in [4.78, 5) is 63.0. The number of hydrogen-bond donors (Lipinski definition) is 0. The molecule has 8 nitrogen and oxygen atoms in total. The highest BCUT2D eigenvalue weighted by Crippen LogP contribution is 2.44. The van der Waals surface area contributed by atoms with E-state index < -0.39 is 24.3 Å². The van der Waals surface area contributed by atoms with Gasteiger partial charge in [-0.1, -0.05) is 31.9 Å². The van der Waals surface area contributed by atoms with Crippen LogP contribution in [0, 0.1) is 11.8 Å². The van der Waals surface area contributed by atoms with Crippen molar-refractivity contribution >= 4 is 67.1 Å². The summed E-state index contributed by atoms with van der Waals surface area (Å²) in [6.07, 6.45) is 1.15. The molecule has 0 N–H and O–H groups in total. The molecule has 0 spiro atoms. The zero-order valence-corrected chi connectivity index (χ0v) is 21.8. The van der Waals surface area contributed by atoms with Gasteiger partial charge in [-0.15, -0.1) is 0 Å². The lowest BCUT2D eigenvalue weighted by Crippen LogP contribution is -2.34. The Morgan fingerprint density at radius 3 is 1.89 bits per heavy atom. The number of esters is 2. The smallest absolute Gasteiger partial charge is 0.338 e. The van der Waals surface area contributed by atoms with E-state index >= 15 is 0 Å². The molecule has 0 bridgehead atoms. The van der Waals surface area contributed by atoms with Gasteiger partial charge in [-0.05, 0) is 61.4 Å². The maximum atomic E-state index is 12.9. The number of imide groups is 1. The van der Waals surface area contributed by atoms with Crippen LogP contribution in [0.15, 0.2) is 48.5 Å². The van der Waals surface area contributed by atoms with E-state index in [2.05, 4.69) is 31.9 Å². The average Bonchev–Trinajstić information content (AvgIpc) is 3.07. The molecule has 0 unspecified atom stereocenters. The van der Waals surface area contributed by atoms with Crippen molar-refractivity contribution in [1.82, 2.24) is 0 Å². The largest absolute Gasteiger partial charge is 0.454 e. The SMILES string of the molecule is CC(=O)Oc1ccc(C(=O)COC(=O)c2ccc(N3C(=O)[C@@H]4C[C@H](Br)[C@@H](Br)C[C@H]4C3=O)cc2)cc1. The summed E-state index contributed by atoms with van der Waals surface area (Å²) >= 11 is 7.14. The van der Waals surface area contributed by atoms with Crippen molar-refractivity contribution in [2.75, 3.05) is 11.5 Å². The minimum absolute atomic E-state index is 0.118. The van der Waals surface area contributed by atoms with Crippen LogP contribution < -0.4 is 9.64 Å². The van der Waals surface area contributed by atoms with Gasteiger partial charge in [0.1, 0.15) is 5.75 Å². The van der Waals surface area contributed by atoms with Crippen LogP contribution in [0.4, 0.5) is 5.69 Å². The van der Waals surface area contributed by atoms with Crippen LogP contribution in [-0.4, -0.2) is 45.8 Å². The number of ether oxygens (including phenoxy) is 2. The van der Waals surface area contributed by atoms with E-state index in [0.29, 0.717) is 29.8 Å². The number of halogens is 2. The van der Waals surface area contributed by atoms with E-state index in [1.54, 1.807) is 0 Å². The third-order valence-corrected chi connectivity index (χ3v) is 8.78. The molecule has 2 amide bonds. The van der Waals surface area contributed by atoms with Crippen molar-refractivity contribution in [3.63, 3.8) is 0 Å². The summed E-state index contributed by atoms with van der Waals surface area (Å²) in [6.45, 7) is 0.803. The van der Waals surface area contributed by atoms with E-state index in [-0.39, 0.29) is 38.9 Å². The van der Waals surface area contributed by atoms with Gasteiger partial charge >= 0.3 is 11.9 Å². The molecule has 10 heteroatoms. The Balaban J connectivity index is 1.37. The second kappa shape index (κ2) is 10.4. The summed E-state index contributed by atoms with van der Waals surface area (Å²) in [5, 5.41) is 0. The predicted octanol–water partition coefficient (Wildman–Crippen LogP) is 4.08. The van der Waals surface area contributed by atoms with E-state index in [0.717, 1.165) is 0 Å². The van der Waals surface area contributed by atoms with Gasteiger partial charge in [0, 0.05) is 22.1 Å². The number of alkyl halides is 2. The normalized spacial score (nSPS) is 23.6. The molecule has 2 fully saturated rings. The highest BCUT2D eigenvalue weighted by molar-refractivity contribution is 9.12. The van der Waals surface area contributed by atoms with Gasteiger partial charge in [0.05, 0.1) is 23.1 Å². The first kappa shape index (κ1) is 25.2. The van der Waals surface area contributed by atoms with Gasteiger partial charge < -0.3 is 9.47 Å². The lowest BCUT2D eigenvalue weighted by molar-refractivity contribution is -0.132. The van der Waals surface area contributed by atoms with Crippen molar-refractivity contribution in [2.24, 2.45) is 11.8 Å². The second-order valence-corrected chi connectivity index (χ2v) is 10.7. The Morgan fingerprint density at radius 1 is 0.857 bits per heavy atom. The fraction of sp³-hybridized carbons (Fsp3) is 0.320. The summed E-state index contributed by atoms with van der Waals surface area (Å²) < 4.78 is 10.0. The van der Waals surface area contributed by atoms with Crippen molar-refractivity contribution in [1.29, 1.82) is 0 Å². The molecule has 1 aliphatic carbocycles. The Labute approximate surface area is 218 Å². The summed E-state index contributed by atoms with van der Waals surface area (Å²) in [6, 6.07) is 11.9. The first-order valence-corrected chi connectivity index (χ1v) is 12.7. The number of ketones is 1. The van der Waals surface area contributed by atoms with Crippen molar-refractivity contribution in [2.45, 2.75) is 29.4 Å². The minimum atomic E-state index is -0.710. The van der Waals surface area contributed by atoms with Gasteiger partial charge in [-0.3, -0.25) is 24.1 Å². The van der Waals surface area contributed by atoms with E-state index in [4.69, 9.17) is 9.47 Å². The molecular weight excluding hydrogens is 586 g/mol. The van der Waals surface area contributed by atoms with E-state index in [1.807, 2.05) is 0 Å². The Hall–Kier alpha value is -2.85. The van der Waals surface area contributed by atoms with E-state index in [1.165, 1.54) is 60.4 Å². The first-order chi connectivity index (χ1) is 16.7. The predicted molar refractivity (Wildman–Crippen MR) is 133 cm³/mol. The third kappa shape index (κ3) is 5.38. The van der Waals surface area contributed by atoms with Crippen molar-refractivity contribution in [3.8, 4) is 5.75 Å². The van der Waals surface area contributed by atoms with Gasteiger partial charge in [0.25, 0.3) is 0 Å². The topological polar surface area (TPSA) is 107 Å². The molecule has 4 atom stereocenters. The lowest BCUT2D eigenvalue weighted by Gasteiger charge is -2.29. The Morgan fingerprint density at radius 2 is 1.37 bits per heavy atom. The van der Waals surface area contributed by atoms with Crippen molar-refractivity contribution in [3.05, 3.63) is 59.7 Å². The molecule has 2 aromatic rings. The zero-order chi connectivity index (χ0) is 25.3. The molecule has 2 aliphatic rings. The molecule has 182 valence electrons. The summed E-state index contributed by atoms with van der Waals surface area (Å²) in [5.41, 5.74) is 0.879. The number of Topliss-reactive ketones (excluding diaryl/α,β-unsaturated/α-hetero) is 1. The Kier molecular flexibility index (Phi) is 7.51. The zero-order valence-electron chi connectivity index (χ0n) is 18.6. The van der Waals surface area contributed by atoms with Crippen LogP contribution in [0.1, 0.15) is 40.5 Å². The van der Waals surface area contributed by atoms with Crippen LogP contribution in [0.25, 0.3) is 0 Å². The van der Waals surface area contributed by atoms with Crippen LogP contribution in [-0.2, 0) is 19.1 Å². The number of rotatable bonds is 6. The lowest BCUT2D eigenvalue weighted by atomic mass is 9.81. The molecule has 0 radical (unpaired) electrons. The fourth-order valence-corrected chi connectivity index (χ4v) is 5.51. The number of anilines is 1. The molecular formula is C25H21Br2NO7. The first-order valence-electron chi connectivity index (χ1n) is 10.9. The Bertz CT molecular complexity index is 1150. The van der Waals surface area contributed by atoms with Gasteiger partial charge in [0.2, 0.25) is 11.8 Å². The minimum Gasteiger partial charge on any atom is -0.454 e. The highest BCUT2D eigenvalue weighted by atomic mass is 79.9. The maximum Gasteiger partial charge on any atom is 0.338 e. The maximum absolute atomic E-state index is 12.9. The van der Waals surface area contributed by atoms with Gasteiger partial charge in [0.15, 0.2) is 12.4 Å². The number of carbonyl (C=O) groups is 5. The number of hydrogen-bond acceptors (Lipinski definition) is 7. The summed E-state index contributed by atoms with van der Waals surface area (Å²) in [5.74, 6) is -2.48. The molecule has 1 aliphatic heterocycles. The molecule has 1 saturated heterocycles. The number of fused-ring (bicyclic) bond motifs is 1. The van der Waals surface area contributed by atoms with Crippen LogP contribution >= 0.6 is 31.9 Å². The second-order valence-electron chi connectivity index (χ2n) is 8.39. The monoisotopic (exact) mass is 605 g/mol. The number of nitrogens with zero attached hydrogens (tertiary/aromatic N) is 1. The van der Waals surface area contributed by atoms with Gasteiger partial charge in [-0.25, -0.2) is 4.79 Å². The molecule has 2 aromatic carbocycles. The fourth-order valence-electron chi connectivity index (χ4n) is 4.27. The number of amides is 2. The molecule has 1 heterocycles. The summed E-state index contributed by atoms with van der Waals surface area (Å²) in [7, 11) is 0. The quantitative estimate of drug-likeness (QED) is 0.160. The van der Waals surface area contributed by atoms with Crippen LogP contribution in [0.2, 0.25) is 0 Å². The van der Waals surface area contributed by atoms with Crippen LogP contribution in [0.3, 0.4) is 0 Å². The molecule has 4 rings (SSSR count). The highest BCUT2D eigenvalue weighted by Gasteiger charge is 2.52. The average molecular weight is 607 g/mol. The standard InChI is InChI=1S/C25H21Br2NO7/c1-13(29)35-17-8-4-14(5-9-17)22(30)12-34-25(33)15-2-6-16(7-3-15)28-23(31)18-10-20(26)21(27)11-19(18)24(28)32/h2-9,18-21H,10-12H2,1H3/t18-,19-,20+,21+/m1/s1. The van der Waals surface area contributed by atoms with Crippen molar-refractivity contribution < 1.29 is 33.4 Å². The number of carbonyl (C=O) groups excluding carboxylic acids is 5. The third-order valence-electron chi connectivity index (χ3n) is 6.04. The number of benzene rings is 2. The molecule has 35 heavy (non-hydrogen) atoms. The molecule has 1 saturated carbocycles. The van der Waals surface area contributed by atoms with Crippen LogP contribution in [0.5, 0.6) is 5.75 Å². The van der Waals surface area contributed by atoms with Gasteiger partial charge in [-0.2, -0.15) is 0 Å².